The molecule has 0 aliphatic carbocycles. The third-order valence-electron chi connectivity index (χ3n) is 4.61. The highest BCUT2D eigenvalue weighted by Crippen LogP contribution is 2.23. The lowest BCUT2D eigenvalue weighted by Crippen LogP contribution is -2.44. The zero-order chi connectivity index (χ0) is 17.8. The first-order valence-corrected chi connectivity index (χ1v) is 8.52. The normalized spacial score (nSPS) is 17.2. The maximum absolute atomic E-state index is 14.4. The minimum Gasteiger partial charge on any atom is -0.336 e. The lowest BCUT2D eigenvalue weighted by Gasteiger charge is -2.26. The molecule has 0 unspecified atom stereocenters. The van der Waals surface area contributed by atoms with E-state index in [1.54, 1.807) is 40.1 Å². The second-order valence-electron chi connectivity index (χ2n) is 6.44. The molecule has 0 spiro atoms. The molecule has 2 aromatic rings. The van der Waals surface area contributed by atoms with Gasteiger partial charge in [-0.2, -0.15) is 0 Å². The fourth-order valence-electron chi connectivity index (χ4n) is 3.11. The quantitative estimate of drug-likeness (QED) is 0.926. The van der Waals surface area contributed by atoms with Crippen LogP contribution < -0.4 is 5.32 Å². The standard InChI is InChI=1S/C18H24FN5O/c1-22-9-5-10-24(13-12-22)18(25)21-16(17-20-8-11-23(17)2)14-6-3-4-7-15(14)19/h3-4,6-8,11,16H,5,9-10,12-13H2,1-2H3,(H,21,25)/t16-/m0/s1. The molecule has 2 heterocycles. The summed E-state index contributed by atoms with van der Waals surface area (Å²) < 4.78 is 16.2. The van der Waals surface area contributed by atoms with Crippen LogP contribution in [0.25, 0.3) is 0 Å². The number of carbonyl (C=O) groups is 1. The van der Waals surface area contributed by atoms with Crippen molar-refractivity contribution in [2.75, 3.05) is 33.2 Å². The molecule has 1 aromatic carbocycles. The summed E-state index contributed by atoms with van der Waals surface area (Å²) in [5, 5.41) is 2.97. The number of rotatable bonds is 3. The predicted molar refractivity (Wildman–Crippen MR) is 93.7 cm³/mol. The van der Waals surface area contributed by atoms with Crippen molar-refractivity contribution in [1.29, 1.82) is 0 Å². The molecule has 134 valence electrons. The summed E-state index contributed by atoms with van der Waals surface area (Å²) in [6, 6.07) is 5.67. The Morgan fingerprint density at radius 2 is 2.00 bits per heavy atom. The Morgan fingerprint density at radius 3 is 2.72 bits per heavy atom. The number of halogens is 1. The Labute approximate surface area is 147 Å². The van der Waals surface area contributed by atoms with Gasteiger partial charge in [0.2, 0.25) is 0 Å². The lowest BCUT2D eigenvalue weighted by molar-refractivity contribution is 0.196. The highest BCUT2D eigenvalue weighted by molar-refractivity contribution is 5.75. The lowest BCUT2D eigenvalue weighted by atomic mass is 10.1. The molecule has 6 nitrogen and oxygen atoms in total. The number of nitrogens with zero attached hydrogens (tertiary/aromatic N) is 4. The van der Waals surface area contributed by atoms with Crippen molar-refractivity contribution in [1.82, 2.24) is 24.7 Å². The third-order valence-corrected chi connectivity index (χ3v) is 4.61. The first-order chi connectivity index (χ1) is 12.1. The van der Waals surface area contributed by atoms with Crippen molar-refractivity contribution in [3.8, 4) is 0 Å². The maximum Gasteiger partial charge on any atom is 0.318 e. The summed E-state index contributed by atoms with van der Waals surface area (Å²) >= 11 is 0. The molecule has 0 radical (unpaired) electrons. The van der Waals surface area contributed by atoms with Crippen LogP contribution in [-0.4, -0.2) is 58.6 Å². The third kappa shape index (κ3) is 3.99. The van der Waals surface area contributed by atoms with Crippen LogP contribution in [0.2, 0.25) is 0 Å². The van der Waals surface area contributed by atoms with Crippen LogP contribution >= 0.6 is 0 Å². The van der Waals surface area contributed by atoms with Crippen LogP contribution in [0.3, 0.4) is 0 Å². The molecule has 1 saturated heterocycles. The minimum atomic E-state index is -0.630. The average molecular weight is 345 g/mol. The highest BCUT2D eigenvalue weighted by atomic mass is 19.1. The second kappa shape index (κ2) is 7.65. The van der Waals surface area contributed by atoms with E-state index in [0.717, 1.165) is 19.5 Å². The number of urea groups is 1. The Bertz CT molecular complexity index is 732. The van der Waals surface area contributed by atoms with E-state index >= 15 is 0 Å². The van der Waals surface area contributed by atoms with Crippen molar-refractivity contribution in [2.24, 2.45) is 7.05 Å². The molecule has 1 aliphatic heterocycles. The molecule has 0 saturated carbocycles. The summed E-state index contributed by atoms with van der Waals surface area (Å²) in [5.41, 5.74) is 0.414. The number of hydrogen-bond acceptors (Lipinski definition) is 3. The van der Waals surface area contributed by atoms with E-state index < -0.39 is 6.04 Å². The molecule has 3 rings (SSSR count). The number of nitrogens with one attached hydrogen (secondary N) is 1. The molecule has 25 heavy (non-hydrogen) atoms. The van der Waals surface area contributed by atoms with Crippen LogP contribution in [0.1, 0.15) is 23.9 Å². The van der Waals surface area contributed by atoms with Gasteiger partial charge in [-0.25, -0.2) is 14.2 Å². The van der Waals surface area contributed by atoms with Gasteiger partial charge < -0.3 is 19.7 Å². The number of benzene rings is 1. The SMILES string of the molecule is CN1CCCN(C(=O)N[C@@H](c2ccccc2F)c2nccn2C)CC1. The molecule has 2 amide bonds. The van der Waals surface area contributed by atoms with Gasteiger partial charge in [-0.3, -0.25) is 0 Å². The van der Waals surface area contributed by atoms with E-state index in [4.69, 9.17) is 0 Å². The van der Waals surface area contributed by atoms with Gasteiger partial charge in [-0.05, 0) is 26.1 Å². The summed E-state index contributed by atoms with van der Waals surface area (Å²) in [4.78, 5) is 21.1. The zero-order valence-electron chi connectivity index (χ0n) is 14.7. The molecule has 1 atom stereocenters. The van der Waals surface area contributed by atoms with E-state index in [2.05, 4.69) is 22.2 Å². The molecule has 1 N–H and O–H groups in total. The second-order valence-corrected chi connectivity index (χ2v) is 6.44. The largest absolute Gasteiger partial charge is 0.336 e. The van der Waals surface area contributed by atoms with Gasteiger partial charge in [0.1, 0.15) is 17.7 Å². The molecule has 0 bridgehead atoms. The highest BCUT2D eigenvalue weighted by Gasteiger charge is 2.26. The first-order valence-electron chi connectivity index (χ1n) is 8.52. The van der Waals surface area contributed by atoms with Crippen molar-refractivity contribution in [3.05, 3.63) is 53.9 Å². The number of aromatic nitrogens is 2. The number of aryl methyl sites for hydroxylation is 1. The topological polar surface area (TPSA) is 53.4 Å². The maximum atomic E-state index is 14.4. The van der Waals surface area contributed by atoms with E-state index in [1.165, 1.54) is 6.07 Å². The van der Waals surface area contributed by atoms with Crippen LogP contribution in [0.15, 0.2) is 36.7 Å². The molecular formula is C18H24FN5O. The summed E-state index contributed by atoms with van der Waals surface area (Å²) in [7, 11) is 3.89. The van der Waals surface area contributed by atoms with Crippen molar-refractivity contribution < 1.29 is 9.18 Å². The molecule has 1 fully saturated rings. The van der Waals surface area contributed by atoms with Crippen molar-refractivity contribution >= 4 is 6.03 Å². The van der Waals surface area contributed by atoms with Gasteiger partial charge in [-0.15, -0.1) is 0 Å². The Balaban J connectivity index is 1.84. The van der Waals surface area contributed by atoms with Crippen LogP contribution in [-0.2, 0) is 7.05 Å². The van der Waals surface area contributed by atoms with Gasteiger partial charge in [0, 0.05) is 44.6 Å². The zero-order valence-corrected chi connectivity index (χ0v) is 14.7. The summed E-state index contributed by atoms with van der Waals surface area (Å²) in [6.07, 6.45) is 4.36. The van der Waals surface area contributed by atoms with Crippen molar-refractivity contribution in [3.63, 3.8) is 0 Å². The average Bonchev–Trinajstić information content (AvgIpc) is 2.89. The molecular weight excluding hydrogens is 321 g/mol. The Morgan fingerprint density at radius 1 is 1.20 bits per heavy atom. The first kappa shape index (κ1) is 17.4. The molecule has 1 aliphatic rings. The van der Waals surface area contributed by atoms with Gasteiger partial charge in [0.15, 0.2) is 0 Å². The number of hydrogen-bond donors (Lipinski definition) is 1. The van der Waals surface area contributed by atoms with Crippen LogP contribution in [0, 0.1) is 5.82 Å². The Kier molecular flexibility index (Phi) is 5.33. The number of carbonyl (C=O) groups excluding carboxylic acids is 1. The predicted octanol–water partition coefficient (Wildman–Crippen LogP) is 2.00. The monoisotopic (exact) mass is 345 g/mol. The van der Waals surface area contributed by atoms with Crippen molar-refractivity contribution in [2.45, 2.75) is 12.5 Å². The summed E-state index contributed by atoms with van der Waals surface area (Å²) in [6.45, 7) is 3.16. The number of amides is 2. The molecule has 7 heteroatoms. The van der Waals surface area contributed by atoms with E-state index in [0.29, 0.717) is 24.5 Å². The van der Waals surface area contributed by atoms with Gasteiger partial charge in [0.25, 0.3) is 0 Å². The minimum absolute atomic E-state index is 0.188. The Hall–Kier alpha value is -2.41. The summed E-state index contributed by atoms with van der Waals surface area (Å²) in [5.74, 6) is 0.247. The van der Waals surface area contributed by atoms with E-state index in [1.807, 2.05) is 7.05 Å². The van der Waals surface area contributed by atoms with Gasteiger partial charge in [-0.1, -0.05) is 18.2 Å². The van der Waals surface area contributed by atoms with E-state index in [9.17, 15) is 9.18 Å². The van der Waals surface area contributed by atoms with Crippen LogP contribution in [0.5, 0.6) is 0 Å². The fourth-order valence-corrected chi connectivity index (χ4v) is 3.11. The van der Waals surface area contributed by atoms with Gasteiger partial charge in [0.05, 0.1) is 0 Å². The number of likely N-dealkylation sites (N-methyl/N-ethyl adjacent to an activating group) is 1. The number of imidazole rings is 1. The fraction of sp³-hybridized carbons (Fsp3) is 0.444. The van der Waals surface area contributed by atoms with E-state index in [-0.39, 0.29) is 11.8 Å². The smallest absolute Gasteiger partial charge is 0.318 e. The van der Waals surface area contributed by atoms with Crippen LogP contribution in [0.4, 0.5) is 9.18 Å². The molecule has 1 aromatic heterocycles. The van der Waals surface area contributed by atoms with Gasteiger partial charge >= 0.3 is 6.03 Å².